The number of hydrogen-bond acceptors (Lipinski definition) is 3. The molecule has 1 saturated heterocycles. The third-order valence-electron chi connectivity index (χ3n) is 4.76. The van der Waals surface area contributed by atoms with Gasteiger partial charge in [0, 0.05) is 13.1 Å². The predicted octanol–water partition coefficient (Wildman–Crippen LogP) is 3.39. The lowest BCUT2D eigenvalue weighted by Crippen LogP contribution is -2.39. The maximum absolute atomic E-state index is 5.67. The van der Waals surface area contributed by atoms with Gasteiger partial charge in [0.15, 0.2) is 5.96 Å². The van der Waals surface area contributed by atoms with Crippen molar-refractivity contribution in [3.8, 4) is 0 Å². The standard InChI is InChI=1S/C18H30N4O.HI/c1-2-19-18(20-10-9-15-7-8-15)21-14-16(17-6-5-13-23-17)22-11-3-4-12-22;/h5-6,13,15-16H,2-4,7-12,14H2,1H3,(H2,19,20,21);1H. The number of halogens is 1. The van der Waals surface area contributed by atoms with Gasteiger partial charge >= 0.3 is 0 Å². The Labute approximate surface area is 162 Å². The second kappa shape index (κ2) is 10.3. The van der Waals surface area contributed by atoms with Gasteiger partial charge in [-0.05, 0) is 57.3 Å². The Balaban J connectivity index is 0.00000208. The van der Waals surface area contributed by atoms with Gasteiger partial charge in [0.2, 0.25) is 0 Å². The van der Waals surface area contributed by atoms with Crippen LogP contribution in [0, 0.1) is 5.92 Å². The number of nitrogens with one attached hydrogen (secondary N) is 2. The lowest BCUT2D eigenvalue weighted by Gasteiger charge is -2.24. The molecule has 1 aliphatic carbocycles. The van der Waals surface area contributed by atoms with Gasteiger partial charge < -0.3 is 15.1 Å². The van der Waals surface area contributed by atoms with Gasteiger partial charge in [-0.1, -0.05) is 12.8 Å². The summed E-state index contributed by atoms with van der Waals surface area (Å²) < 4.78 is 5.67. The molecule has 5 nitrogen and oxygen atoms in total. The van der Waals surface area contributed by atoms with E-state index >= 15 is 0 Å². The van der Waals surface area contributed by atoms with Gasteiger partial charge in [0.05, 0.1) is 18.8 Å². The van der Waals surface area contributed by atoms with Crippen molar-refractivity contribution in [2.75, 3.05) is 32.7 Å². The van der Waals surface area contributed by atoms with E-state index in [0.29, 0.717) is 0 Å². The molecule has 2 heterocycles. The summed E-state index contributed by atoms with van der Waals surface area (Å²) in [5.74, 6) is 2.92. The number of hydrogen-bond donors (Lipinski definition) is 2. The minimum atomic E-state index is 0. The van der Waals surface area contributed by atoms with Gasteiger partial charge in [-0.3, -0.25) is 9.89 Å². The molecule has 1 unspecified atom stereocenters. The van der Waals surface area contributed by atoms with Crippen molar-refractivity contribution in [3.63, 3.8) is 0 Å². The number of guanidine groups is 1. The van der Waals surface area contributed by atoms with Crippen molar-refractivity contribution in [2.24, 2.45) is 10.9 Å². The highest BCUT2D eigenvalue weighted by atomic mass is 127. The van der Waals surface area contributed by atoms with Crippen LogP contribution in [0.25, 0.3) is 0 Å². The smallest absolute Gasteiger partial charge is 0.191 e. The second-order valence-electron chi connectivity index (χ2n) is 6.65. The van der Waals surface area contributed by atoms with Crippen LogP contribution in [0.15, 0.2) is 27.8 Å². The Morgan fingerprint density at radius 3 is 2.75 bits per heavy atom. The van der Waals surface area contributed by atoms with Crippen LogP contribution in [-0.4, -0.2) is 43.6 Å². The minimum absolute atomic E-state index is 0. The van der Waals surface area contributed by atoms with E-state index in [-0.39, 0.29) is 30.0 Å². The molecular weight excluding hydrogens is 415 g/mol. The fraction of sp³-hybridized carbons (Fsp3) is 0.722. The Hall–Kier alpha value is -0.760. The highest BCUT2D eigenvalue weighted by Gasteiger charge is 2.25. The van der Waals surface area contributed by atoms with E-state index in [2.05, 4.69) is 28.5 Å². The van der Waals surface area contributed by atoms with Crippen LogP contribution < -0.4 is 10.6 Å². The molecule has 0 aromatic carbocycles. The zero-order valence-corrected chi connectivity index (χ0v) is 17.0. The summed E-state index contributed by atoms with van der Waals surface area (Å²) in [4.78, 5) is 7.32. The topological polar surface area (TPSA) is 52.8 Å². The van der Waals surface area contributed by atoms with Crippen LogP contribution >= 0.6 is 24.0 Å². The number of nitrogens with zero attached hydrogens (tertiary/aromatic N) is 2. The molecule has 2 N–H and O–H groups in total. The Bertz CT molecular complexity index is 481. The Kier molecular flexibility index (Phi) is 8.38. The first kappa shape index (κ1) is 19.6. The molecule has 1 aromatic heterocycles. The molecule has 136 valence electrons. The molecule has 3 rings (SSSR count). The van der Waals surface area contributed by atoms with Crippen molar-refractivity contribution in [1.82, 2.24) is 15.5 Å². The highest BCUT2D eigenvalue weighted by Crippen LogP contribution is 2.31. The summed E-state index contributed by atoms with van der Waals surface area (Å²) in [6, 6.07) is 4.30. The molecule has 1 saturated carbocycles. The van der Waals surface area contributed by atoms with Gasteiger partial charge in [0.25, 0.3) is 0 Å². The average molecular weight is 446 g/mol. The molecule has 0 spiro atoms. The summed E-state index contributed by atoms with van der Waals surface area (Å²) in [7, 11) is 0. The van der Waals surface area contributed by atoms with Gasteiger partial charge in [-0.25, -0.2) is 0 Å². The van der Waals surface area contributed by atoms with Crippen molar-refractivity contribution in [2.45, 2.75) is 45.1 Å². The van der Waals surface area contributed by atoms with E-state index < -0.39 is 0 Å². The summed E-state index contributed by atoms with van der Waals surface area (Å²) in [5, 5.41) is 6.83. The van der Waals surface area contributed by atoms with Gasteiger partial charge in [-0.15, -0.1) is 24.0 Å². The average Bonchev–Trinajstić information content (AvgIpc) is 3.04. The summed E-state index contributed by atoms with van der Waals surface area (Å²) in [6.45, 7) is 7.06. The first-order valence-corrected chi connectivity index (χ1v) is 9.16. The van der Waals surface area contributed by atoms with Crippen molar-refractivity contribution in [1.29, 1.82) is 0 Å². The summed E-state index contributed by atoms with van der Waals surface area (Å²) in [5.41, 5.74) is 0. The SMILES string of the molecule is CCNC(=NCC(c1ccco1)N1CCCC1)NCCC1CC1.I. The summed E-state index contributed by atoms with van der Waals surface area (Å²) >= 11 is 0. The van der Waals surface area contributed by atoms with E-state index in [0.717, 1.165) is 50.4 Å². The van der Waals surface area contributed by atoms with Crippen molar-refractivity contribution < 1.29 is 4.42 Å². The number of likely N-dealkylation sites (tertiary alicyclic amines) is 1. The zero-order valence-electron chi connectivity index (χ0n) is 14.7. The van der Waals surface area contributed by atoms with E-state index in [9.17, 15) is 0 Å². The molecule has 1 atom stereocenters. The first-order valence-electron chi connectivity index (χ1n) is 9.16. The van der Waals surface area contributed by atoms with Gasteiger partial charge in [-0.2, -0.15) is 0 Å². The lowest BCUT2D eigenvalue weighted by molar-refractivity contribution is 0.221. The van der Waals surface area contributed by atoms with Gasteiger partial charge in [0.1, 0.15) is 5.76 Å². The maximum atomic E-state index is 5.67. The largest absolute Gasteiger partial charge is 0.468 e. The molecule has 0 radical (unpaired) electrons. The van der Waals surface area contributed by atoms with Crippen LogP contribution in [0.5, 0.6) is 0 Å². The fourth-order valence-electron chi connectivity index (χ4n) is 3.24. The zero-order chi connectivity index (χ0) is 15.9. The Morgan fingerprint density at radius 1 is 1.33 bits per heavy atom. The molecular formula is C18H31IN4O. The molecule has 0 bridgehead atoms. The number of rotatable bonds is 8. The molecule has 1 aliphatic heterocycles. The van der Waals surface area contributed by atoms with Crippen LogP contribution in [0.4, 0.5) is 0 Å². The van der Waals surface area contributed by atoms with Crippen LogP contribution in [0.2, 0.25) is 0 Å². The lowest BCUT2D eigenvalue weighted by atomic mass is 10.2. The molecule has 0 amide bonds. The van der Waals surface area contributed by atoms with Crippen LogP contribution in [-0.2, 0) is 0 Å². The first-order chi connectivity index (χ1) is 11.4. The van der Waals surface area contributed by atoms with E-state index in [1.54, 1.807) is 6.26 Å². The predicted molar refractivity (Wildman–Crippen MR) is 109 cm³/mol. The minimum Gasteiger partial charge on any atom is -0.468 e. The molecule has 2 aliphatic rings. The van der Waals surface area contributed by atoms with Crippen LogP contribution in [0.1, 0.15) is 50.8 Å². The van der Waals surface area contributed by atoms with Crippen LogP contribution in [0.3, 0.4) is 0 Å². The number of furan rings is 1. The fourth-order valence-corrected chi connectivity index (χ4v) is 3.24. The van der Waals surface area contributed by atoms with Crippen molar-refractivity contribution >= 4 is 29.9 Å². The Morgan fingerprint density at radius 2 is 2.12 bits per heavy atom. The molecule has 2 fully saturated rings. The summed E-state index contributed by atoms with van der Waals surface area (Å²) in [6.07, 6.45) is 8.40. The second-order valence-corrected chi connectivity index (χ2v) is 6.65. The van der Waals surface area contributed by atoms with E-state index in [4.69, 9.17) is 9.41 Å². The highest BCUT2D eigenvalue weighted by molar-refractivity contribution is 14.0. The normalized spacial score (nSPS) is 19.8. The molecule has 6 heteroatoms. The van der Waals surface area contributed by atoms with E-state index in [1.807, 2.05) is 6.07 Å². The molecule has 1 aromatic rings. The maximum Gasteiger partial charge on any atom is 0.191 e. The molecule has 24 heavy (non-hydrogen) atoms. The third-order valence-corrected chi connectivity index (χ3v) is 4.76. The third kappa shape index (κ3) is 5.95. The quantitative estimate of drug-likeness (QED) is 0.365. The van der Waals surface area contributed by atoms with E-state index in [1.165, 1.54) is 32.1 Å². The van der Waals surface area contributed by atoms with Crippen molar-refractivity contribution in [3.05, 3.63) is 24.2 Å². The number of aliphatic imine (C=N–C) groups is 1. The monoisotopic (exact) mass is 446 g/mol.